The smallest absolute Gasteiger partial charge is 0.308 e. The Kier molecular flexibility index (Phi) is 4.68. The summed E-state index contributed by atoms with van der Waals surface area (Å²) in [5.41, 5.74) is 1.58. The number of amides is 1. The topological polar surface area (TPSA) is 75.4 Å². The van der Waals surface area contributed by atoms with Gasteiger partial charge in [-0.15, -0.1) is 0 Å². The van der Waals surface area contributed by atoms with Gasteiger partial charge in [0.1, 0.15) is 0 Å². The van der Waals surface area contributed by atoms with Gasteiger partial charge in [0, 0.05) is 32.3 Å². The molecule has 2 heterocycles. The Morgan fingerprint density at radius 2 is 1.91 bits per heavy atom. The molecule has 1 aromatic rings. The number of likely N-dealkylation sites (tertiary alicyclic amines) is 1. The Labute approximate surface area is 136 Å². The number of piperidine rings is 1. The van der Waals surface area contributed by atoms with E-state index in [4.69, 9.17) is 0 Å². The van der Waals surface area contributed by atoms with Crippen molar-refractivity contribution in [1.82, 2.24) is 14.7 Å². The van der Waals surface area contributed by atoms with Crippen molar-refractivity contribution in [3.8, 4) is 0 Å². The number of aliphatic carboxylic acids is 1. The number of carbonyl (C=O) groups excluding carboxylic acids is 1. The van der Waals surface area contributed by atoms with Gasteiger partial charge in [0.15, 0.2) is 0 Å². The van der Waals surface area contributed by atoms with Crippen molar-refractivity contribution in [2.75, 3.05) is 13.1 Å². The second-order valence-electron chi connectivity index (χ2n) is 6.87. The minimum Gasteiger partial charge on any atom is -0.481 e. The minimum atomic E-state index is -0.804. The van der Waals surface area contributed by atoms with E-state index in [9.17, 15) is 14.7 Å². The highest BCUT2D eigenvalue weighted by atomic mass is 16.4. The third-order valence-electron chi connectivity index (χ3n) is 5.14. The van der Waals surface area contributed by atoms with E-state index in [0.29, 0.717) is 31.0 Å². The first-order chi connectivity index (χ1) is 11.1. The molecule has 0 unspecified atom stereocenters. The van der Waals surface area contributed by atoms with Crippen LogP contribution in [0.1, 0.15) is 66.9 Å². The van der Waals surface area contributed by atoms with Crippen LogP contribution in [0.15, 0.2) is 6.20 Å². The molecule has 1 N–H and O–H groups in total. The summed E-state index contributed by atoms with van der Waals surface area (Å²) in [6, 6.07) is 0. The van der Waals surface area contributed by atoms with Gasteiger partial charge in [0.2, 0.25) is 0 Å². The lowest BCUT2D eigenvalue weighted by Crippen LogP contribution is -2.42. The molecule has 23 heavy (non-hydrogen) atoms. The number of hydrogen-bond donors (Lipinski definition) is 1. The summed E-state index contributed by atoms with van der Waals surface area (Å²) in [4.78, 5) is 25.8. The number of rotatable bonds is 3. The van der Waals surface area contributed by atoms with Gasteiger partial charge in [-0.3, -0.25) is 14.3 Å². The first-order valence-electron chi connectivity index (χ1n) is 8.62. The molecule has 1 amide bonds. The zero-order valence-electron chi connectivity index (χ0n) is 13.7. The molecule has 1 aliphatic carbocycles. The van der Waals surface area contributed by atoms with E-state index in [1.807, 2.05) is 7.05 Å². The summed E-state index contributed by atoms with van der Waals surface area (Å²) < 4.78 is 1.72. The van der Waals surface area contributed by atoms with Crippen molar-refractivity contribution in [1.29, 1.82) is 0 Å². The molecule has 1 saturated heterocycles. The van der Waals surface area contributed by atoms with Crippen LogP contribution in [0.4, 0.5) is 0 Å². The van der Waals surface area contributed by atoms with Crippen LogP contribution in [0, 0.1) is 5.92 Å². The molecule has 1 aliphatic heterocycles. The molecule has 6 nitrogen and oxygen atoms in total. The molecule has 0 spiro atoms. The standard InChI is InChI=1S/C17H25N3O3/c1-19-11-14(15(18-19)12-6-3-2-4-7-12)16(21)20-9-5-8-13(10-20)17(22)23/h11-13H,2-10H2,1H3,(H,22,23)/t13-/m0/s1. The van der Waals surface area contributed by atoms with Crippen molar-refractivity contribution >= 4 is 11.9 Å². The first-order valence-corrected chi connectivity index (χ1v) is 8.62. The largest absolute Gasteiger partial charge is 0.481 e. The van der Waals surface area contributed by atoms with E-state index in [1.165, 1.54) is 19.3 Å². The lowest BCUT2D eigenvalue weighted by atomic mass is 9.85. The van der Waals surface area contributed by atoms with Crippen molar-refractivity contribution in [3.63, 3.8) is 0 Å². The molecular weight excluding hydrogens is 294 g/mol. The molecule has 0 radical (unpaired) electrons. The Bertz CT molecular complexity index is 590. The average molecular weight is 319 g/mol. The van der Waals surface area contributed by atoms with E-state index in [-0.39, 0.29) is 5.91 Å². The van der Waals surface area contributed by atoms with Crippen LogP contribution < -0.4 is 0 Å². The van der Waals surface area contributed by atoms with Crippen molar-refractivity contribution in [2.24, 2.45) is 13.0 Å². The molecule has 1 aromatic heterocycles. The molecule has 2 fully saturated rings. The highest BCUT2D eigenvalue weighted by Gasteiger charge is 2.32. The van der Waals surface area contributed by atoms with E-state index >= 15 is 0 Å². The minimum absolute atomic E-state index is 0.0513. The SMILES string of the molecule is Cn1cc(C(=O)N2CCC[C@H](C(=O)O)C2)c(C2CCCCC2)n1. The molecule has 126 valence electrons. The van der Waals surface area contributed by atoms with Crippen LogP contribution in [-0.4, -0.2) is 44.8 Å². The van der Waals surface area contributed by atoms with Crippen LogP contribution in [0.25, 0.3) is 0 Å². The molecule has 0 aromatic carbocycles. The first kappa shape index (κ1) is 16.0. The molecule has 3 rings (SSSR count). The van der Waals surface area contributed by atoms with Gasteiger partial charge in [0.25, 0.3) is 5.91 Å². The lowest BCUT2D eigenvalue weighted by molar-refractivity contribution is -0.143. The predicted molar refractivity (Wildman–Crippen MR) is 85.3 cm³/mol. The number of carboxylic acid groups (broad SMARTS) is 1. The molecule has 0 bridgehead atoms. The maximum Gasteiger partial charge on any atom is 0.308 e. The van der Waals surface area contributed by atoms with Crippen molar-refractivity contribution < 1.29 is 14.7 Å². The molecule has 6 heteroatoms. The summed E-state index contributed by atoms with van der Waals surface area (Å²) >= 11 is 0. The van der Waals surface area contributed by atoms with Crippen LogP contribution in [-0.2, 0) is 11.8 Å². The Hall–Kier alpha value is -1.85. The Morgan fingerprint density at radius 1 is 1.17 bits per heavy atom. The highest BCUT2D eigenvalue weighted by molar-refractivity contribution is 5.95. The molecule has 1 atom stereocenters. The number of carbonyl (C=O) groups is 2. The van der Waals surface area contributed by atoms with E-state index < -0.39 is 11.9 Å². The molecular formula is C17H25N3O3. The van der Waals surface area contributed by atoms with Crippen molar-refractivity contribution in [3.05, 3.63) is 17.5 Å². The van der Waals surface area contributed by atoms with Gasteiger partial charge in [-0.05, 0) is 25.7 Å². The fraction of sp³-hybridized carbons (Fsp3) is 0.706. The van der Waals surface area contributed by atoms with E-state index in [2.05, 4.69) is 5.10 Å². The summed E-state index contributed by atoms with van der Waals surface area (Å²) in [6.07, 6.45) is 9.04. The van der Waals surface area contributed by atoms with Crippen molar-refractivity contribution in [2.45, 2.75) is 50.9 Å². The Morgan fingerprint density at radius 3 is 2.61 bits per heavy atom. The van der Waals surface area contributed by atoms with Crippen LogP contribution in [0.5, 0.6) is 0 Å². The summed E-state index contributed by atoms with van der Waals surface area (Å²) in [7, 11) is 1.85. The van der Waals surface area contributed by atoms with E-state index in [1.54, 1.807) is 15.8 Å². The zero-order chi connectivity index (χ0) is 16.4. The third-order valence-corrected chi connectivity index (χ3v) is 5.14. The van der Waals surface area contributed by atoms with Gasteiger partial charge >= 0.3 is 5.97 Å². The van der Waals surface area contributed by atoms with Gasteiger partial charge in [-0.25, -0.2) is 0 Å². The van der Waals surface area contributed by atoms with Gasteiger partial charge in [-0.1, -0.05) is 19.3 Å². The zero-order valence-corrected chi connectivity index (χ0v) is 13.7. The number of aromatic nitrogens is 2. The summed E-state index contributed by atoms with van der Waals surface area (Å²) in [5.74, 6) is -0.933. The van der Waals surface area contributed by atoms with Gasteiger partial charge in [-0.2, -0.15) is 5.10 Å². The maximum absolute atomic E-state index is 12.9. The molecule has 2 aliphatic rings. The quantitative estimate of drug-likeness (QED) is 0.928. The predicted octanol–water partition coefficient (Wildman–Crippen LogP) is 2.40. The lowest BCUT2D eigenvalue weighted by Gasteiger charge is -2.31. The van der Waals surface area contributed by atoms with Crippen LogP contribution >= 0.6 is 0 Å². The monoisotopic (exact) mass is 319 g/mol. The van der Waals surface area contributed by atoms with Gasteiger partial charge in [0.05, 0.1) is 17.2 Å². The van der Waals surface area contributed by atoms with Crippen LogP contribution in [0.2, 0.25) is 0 Å². The normalized spacial score (nSPS) is 23.0. The van der Waals surface area contributed by atoms with E-state index in [0.717, 1.165) is 25.0 Å². The van der Waals surface area contributed by atoms with Crippen LogP contribution in [0.3, 0.4) is 0 Å². The number of aryl methyl sites for hydroxylation is 1. The summed E-state index contributed by atoms with van der Waals surface area (Å²) in [6.45, 7) is 0.953. The average Bonchev–Trinajstić information content (AvgIpc) is 2.97. The number of hydrogen-bond acceptors (Lipinski definition) is 3. The summed E-state index contributed by atoms with van der Waals surface area (Å²) in [5, 5.41) is 13.8. The Balaban J connectivity index is 1.80. The maximum atomic E-state index is 12.9. The van der Waals surface area contributed by atoms with Gasteiger partial charge < -0.3 is 10.0 Å². The third kappa shape index (κ3) is 3.41. The fourth-order valence-corrected chi connectivity index (χ4v) is 3.88. The molecule has 1 saturated carbocycles. The second-order valence-corrected chi connectivity index (χ2v) is 6.87. The number of nitrogens with zero attached hydrogens (tertiary/aromatic N) is 3. The number of carboxylic acids is 1. The highest BCUT2D eigenvalue weighted by Crippen LogP contribution is 2.34. The second kappa shape index (κ2) is 6.72. The fourth-order valence-electron chi connectivity index (χ4n) is 3.88.